The van der Waals surface area contributed by atoms with Crippen LogP contribution < -0.4 is 0 Å². The molecular formula is C10H16O. The van der Waals surface area contributed by atoms with Crippen molar-refractivity contribution in [3.8, 4) is 0 Å². The molecule has 2 aliphatic rings. The van der Waals surface area contributed by atoms with Crippen molar-refractivity contribution < 1.29 is 5.11 Å². The molecule has 0 aromatic rings. The molecule has 0 aliphatic heterocycles. The minimum absolute atomic E-state index is 0.226. The van der Waals surface area contributed by atoms with Gasteiger partial charge in [0.2, 0.25) is 0 Å². The predicted octanol–water partition coefficient (Wildman–Crippen LogP) is 2.11. The number of hydrogen-bond acceptors (Lipinski definition) is 1. The zero-order valence-corrected chi connectivity index (χ0v) is 7.35. The Morgan fingerprint density at radius 3 is 2.36 bits per heavy atom. The lowest BCUT2D eigenvalue weighted by Gasteiger charge is -2.17. The molecule has 2 saturated carbocycles. The van der Waals surface area contributed by atoms with Crippen molar-refractivity contribution in [1.29, 1.82) is 0 Å². The van der Waals surface area contributed by atoms with Gasteiger partial charge in [0.15, 0.2) is 0 Å². The standard InChI is InChI=1S/C10H16O/c1-7(2)9-5-4-8(3)10(9,11)6-9/h7,11H,3-6H2,1-2H3/t9-,10+/m1/s1. The second-order valence-electron chi connectivity index (χ2n) is 4.45. The molecule has 0 aromatic heterocycles. The summed E-state index contributed by atoms with van der Waals surface area (Å²) in [6.45, 7) is 8.34. The first kappa shape index (κ1) is 7.35. The van der Waals surface area contributed by atoms with E-state index in [-0.39, 0.29) is 5.41 Å². The monoisotopic (exact) mass is 152 g/mol. The maximum absolute atomic E-state index is 10.1. The molecule has 2 rings (SSSR count). The normalized spacial score (nSPS) is 48.2. The summed E-state index contributed by atoms with van der Waals surface area (Å²) in [5.74, 6) is 0.603. The Morgan fingerprint density at radius 1 is 1.55 bits per heavy atom. The molecule has 0 saturated heterocycles. The van der Waals surface area contributed by atoms with E-state index in [2.05, 4.69) is 20.4 Å². The first-order valence-corrected chi connectivity index (χ1v) is 4.43. The van der Waals surface area contributed by atoms with Gasteiger partial charge >= 0.3 is 0 Å². The van der Waals surface area contributed by atoms with Crippen LogP contribution in [0.4, 0.5) is 0 Å². The summed E-state index contributed by atoms with van der Waals surface area (Å²) in [4.78, 5) is 0. The minimum Gasteiger partial charge on any atom is -0.385 e. The molecule has 2 atom stereocenters. The Kier molecular flexibility index (Phi) is 1.15. The summed E-state index contributed by atoms with van der Waals surface area (Å²) in [5, 5.41) is 10.1. The summed E-state index contributed by atoms with van der Waals surface area (Å²) >= 11 is 0. The fourth-order valence-electron chi connectivity index (χ4n) is 2.74. The molecule has 2 aliphatic carbocycles. The Morgan fingerprint density at radius 2 is 2.18 bits per heavy atom. The van der Waals surface area contributed by atoms with E-state index in [1.807, 2.05) is 0 Å². The highest BCUT2D eigenvalue weighted by molar-refractivity contribution is 5.38. The molecule has 0 spiro atoms. The Balaban J connectivity index is 2.30. The quantitative estimate of drug-likeness (QED) is 0.570. The SMILES string of the molecule is C=C1CC[C@]2(C(C)C)C[C@]12O. The van der Waals surface area contributed by atoms with E-state index in [4.69, 9.17) is 0 Å². The van der Waals surface area contributed by atoms with Gasteiger partial charge in [0.25, 0.3) is 0 Å². The molecule has 1 heteroatoms. The van der Waals surface area contributed by atoms with Crippen LogP contribution in [0.3, 0.4) is 0 Å². The van der Waals surface area contributed by atoms with Gasteiger partial charge in [0, 0.05) is 5.41 Å². The molecule has 0 bridgehead atoms. The Bertz CT molecular complexity index is 215. The molecular weight excluding hydrogens is 136 g/mol. The molecule has 62 valence electrons. The van der Waals surface area contributed by atoms with E-state index in [0.29, 0.717) is 5.92 Å². The van der Waals surface area contributed by atoms with Crippen molar-refractivity contribution in [3.63, 3.8) is 0 Å². The average Bonchev–Trinajstić information content (AvgIpc) is 2.47. The third-order valence-corrected chi connectivity index (χ3v) is 3.83. The molecule has 0 amide bonds. The average molecular weight is 152 g/mol. The predicted molar refractivity (Wildman–Crippen MR) is 45.2 cm³/mol. The third kappa shape index (κ3) is 0.610. The van der Waals surface area contributed by atoms with Crippen molar-refractivity contribution in [2.45, 2.75) is 38.7 Å². The molecule has 1 N–H and O–H groups in total. The first-order valence-electron chi connectivity index (χ1n) is 4.43. The third-order valence-electron chi connectivity index (χ3n) is 3.83. The van der Waals surface area contributed by atoms with Crippen LogP contribution >= 0.6 is 0 Å². The van der Waals surface area contributed by atoms with Gasteiger partial charge in [-0.25, -0.2) is 0 Å². The van der Waals surface area contributed by atoms with E-state index < -0.39 is 5.60 Å². The number of rotatable bonds is 1. The first-order chi connectivity index (χ1) is 5.03. The lowest BCUT2D eigenvalue weighted by molar-refractivity contribution is 0.130. The molecule has 0 aromatic carbocycles. The van der Waals surface area contributed by atoms with Crippen LogP contribution in [0.2, 0.25) is 0 Å². The lowest BCUT2D eigenvalue weighted by atomic mass is 9.89. The molecule has 0 unspecified atom stereocenters. The van der Waals surface area contributed by atoms with Crippen LogP contribution in [0.15, 0.2) is 12.2 Å². The number of fused-ring (bicyclic) bond motifs is 1. The summed E-state index contributed by atoms with van der Waals surface area (Å²) < 4.78 is 0. The van der Waals surface area contributed by atoms with E-state index in [1.165, 1.54) is 0 Å². The molecule has 2 fully saturated rings. The summed E-state index contributed by atoms with van der Waals surface area (Å²) in [7, 11) is 0. The second kappa shape index (κ2) is 1.71. The van der Waals surface area contributed by atoms with Crippen LogP contribution in [0, 0.1) is 11.3 Å². The Hall–Kier alpha value is -0.300. The zero-order chi connectivity index (χ0) is 8.28. The van der Waals surface area contributed by atoms with Crippen molar-refractivity contribution in [2.75, 3.05) is 0 Å². The van der Waals surface area contributed by atoms with E-state index >= 15 is 0 Å². The maximum Gasteiger partial charge on any atom is 0.0920 e. The summed E-state index contributed by atoms with van der Waals surface area (Å²) in [5.41, 5.74) is 0.844. The van der Waals surface area contributed by atoms with Gasteiger partial charge in [0.1, 0.15) is 0 Å². The van der Waals surface area contributed by atoms with Crippen LogP contribution in [0.1, 0.15) is 33.1 Å². The van der Waals surface area contributed by atoms with Gasteiger partial charge in [-0.1, -0.05) is 20.4 Å². The smallest absolute Gasteiger partial charge is 0.0920 e. The van der Waals surface area contributed by atoms with Crippen molar-refractivity contribution in [1.82, 2.24) is 0 Å². The fourth-order valence-corrected chi connectivity index (χ4v) is 2.74. The molecule has 11 heavy (non-hydrogen) atoms. The largest absolute Gasteiger partial charge is 0.385 e. The maximum atomic E-state index is 10.1. The highest BCUT2D eigenvalue weighted by Crippen LogP contribution is 2.71. The van der Waals surface area contributed by atoms with Gasteiger partial charge in [-0.3, -0.25) is 0 Å². The molecule has 0 radical (unpaired) electrons. The van der Waals surface area contributed by atoms with Crippen molar-refractivity contribution in [2.24, 2.45) is 11.3 Å². The van der Waals surface area contributed by atoms with E-state index in [1.54, 1.807) is 0 Å². The number of hydrogen-bond donors (Lipinski definition) is 1. The van der Waals surface area contributed by atoms with Gasteiger partial charge in [0.05, 0.1) is 5.60 Å². The van der Waals surface area contributed by atoms with E-state index in [0.717, 1.165) is 24.8 Å². The van der Waals surface area contributed by atoms with Crippen molar-refractivity contribution >= 4 is 0 Å². The molecule has 1 nitrogen and oxygen atoms in total. The highest BCUT2D eigenvalue weighted by atomic mass is 16.3. The van der Waals surface area contributed by atoms with Gasteiger partial charge in [-0.2, -0.15) is 0 Å². The van der Waals surface area contributed by atoms with Crippen LogP contribution in [-0.4, -0.2) is 10.7 Å². The van der Waals surface area contributed by atoms with Crippen molar-refractivity contribution in [3.05, 3.63) is 12.2 Å². The van der Waals surface area contributed by atoms with Crippen LogP contribution in [0.25, 0.3) is 0 Å². The van der Waals surface area contributed by atoms with Crippen LogP contribution in [0.5, 0.6) is 0 Å². The van der Waals surface area contributed by atoms with Gasteiger partial charge in [-0.05, 0) is 30.8 Å². The minimum atomic E-state index is -0.457. The fraction of sp³-hybridized carbons (Fsp3) is 0.800. The lowest BCUT2D eigenvalue weighted by Crippen LogP contribution is -2.19. The molecule has 0 heterocycles. The summed E-state index contributed by atoms with van der Waals surface area (Å²) in [6, 6.07) is 0. The zero-order valence-electron chi connectivity index (χ0n) is 7.35. The number of aliphatic hydroxyl groups is 1. The second-order valence-corrected chi connectivity index (χ2v) is 4.45. The van der Waals surface area contributed by atoms with Crippen LogP contribution in [-0.2, 0) is 0 Å². The van der Waals surface area contributed by atoms with E-state index in [9.17, 15) is 5.11 Å². The van der Waals surface area contributed by atoms with Gasteiger partial charge < -0.3 is 5.11 Å². The Labute approximate surface area is 68.1 Å². The topological polar surface area (TPSA) is 20.2 Å². The summed E-state index contributed by atoms with van der Waals surface area (Å²) in [6.07, 6.45) is 3.16. The highest BCUT2D eigenvalue weighted by Gasteiger charge is 2.72. The van der Waals surface area contributed by atoms with Gasteiger partial charge in [-0.15, -0.1) is 0 Å².